The summed E-state index contributed by atoms with van der Waals surface area (Å²) in [7, 11) is 0. The van der Waals surface area contributed by atoms with Crippen molar-refractivity contribution in [1.29, 1.82) is 0 Å². The van der Waals surface area contributed by atoms with E-state index in [1.165, 1.54) is 5.57 Å². The van der Waals surface area contributed by atoms with E-state index in [0.717, 1.165) is 12.8 Å². The second kappa shape index (κ2) is 12.6. The van der Waals surface area contributed by atoms with Gasteiger partial charge in [0, 0.05) is 0 Å². The zero-order chi connectivity index (χ0) is 9.82. The molecule has 0 heteroatoms. The molecule has 0 N–H and O–H groups in total. The molecule has 0 aliphatic carbocycles. The molecule has 0 atom stereocenters. The van der Waals surface area contributed by atoms with Crippen LogP contribution >= 0.6 is 0 Å². The molecule has 0 fully saturated rings. The molecule has 0 nitrogen and oxygen atoms in total. The summed E-state index contributed by atoms with van der Waals surface area (Å²) in [6.45, 7) is 14.6. The highest BCUT2D eigenvalue weighted by atomic mass is 13.8. The summed E-state index contributed by atoms with van der Waals surface area (Å²) in [5, 5.41) is 0. The number of rotatable bonds is 4. The van der Waals surface area contributed by atoms with Gasteiger partial charge in [0.1, 0.15) is 0 Å². The molecule has 12 heavy (non-hydrogen) atoms. The van der Waals surface area contributed by atoms with E-state index in [9.17, 15) is 0 Å². The Kier molecular flexibility index (Phi) is 14.2. The Hall–Kier alpha value is -1.04. The highest BCUT2D eigenvalue weighted by molar-refractivity contribution is 4.97. The van der Waals surface area contributed by atoms with Gasteiger partial charge in [-0.2, -0.15) is 0 Å². The molecular formula is C12H20. The zero-order valence-corrected chi connectivity index (χ0v) is 8.34. The van der Waals surface area contributed by atoms with Gasteiger partial charge in [0.05, 0.1) is 0 Å². The van der Waals surface area contributed by atoms with Gasteiger partial charge >= 0.3 is 0 Å². The minimum absolute atomic E-state index is 1.06. The SMILES string of the molecule is C=C(C)C.C=CC=CCCC=C. The van der Waals surface area contributed by atoms with Crippen molar-refractivity contribution in [3.8, 4) is 0 Å². The first kappa shape index (κ1) is 13.5. The first-order valence-electron chi connectivity index (χ1n) is 4.15. The van der Waals surface area contributed by atoms with Crippen LogP contribution in [0.25, 0.3) is 0 Å². The molecular weight excluding hydrogens is 144 g/mol. The third-order valence-corrected chi connectivity index (χ3v) is 0.810. The van der Waals surface area contributed by atoms with Gasteiger partial charge in [-0.3, -0.25) is 0 Å². The van der Waals surface area contributed by atoms with E-state index in [1.54, 1.807) is 6.08 Å². The summed E-state index contributed by atoms with van der Waals surface area (Å²) in [6.07, 6.45) is 9.86. The fraction of sp³-hybridized carbons (Fsp3) is 0.333. The van der Waals surface area contributed by atoms with Crippen molar-refractivity contribution in [3.63, 3.8) is 0 Å². The predicted molar refractivity (Wildman–Crippen MR) is 59.3 cm³/mol. The van der Waals surface area contributed by atoms with Gasteiger partial charge in [0.25, 0.3) is 0 Å². The van der Waals surface area contributed by atoms with Gasteiger partial charge in [-0.25, -0.2) is 0 Å². The van der Waals surface area contributed by atoms with Crippen molar-refractivity contribution < 1.29 is 0 Å². The van der Waals surface area contributed by atoms with E-state index in [4.69, 9.17) is 0 Å². The van der Waals surface area contributed by atoms with Crippen molar-refractivity contribution in [1.82, 2.24) is 0 Å². The summed E-state index contributed by atoms with van der Waals surface area (Å²) >= 11 is 0. The van der Waals surface area contributed by atoms with E-state index in [-0.39, 0.29) is 0 Å². The Morgan fingerprint density at radius 2 is 1.67 bits per heavy atom. The fourth-order valence-corrected chi connectivity index (χ4v) is 0.407. The Bertz CT molecular complexity index is 145. The second-order valence-electron chi connectivity index (χ2n) is 2.74. The van der Waals surface area contributed by atoms with Gasteiger partial charge in [0.15, 0.2) is 0 Å². The maximum atomic E-state index is 3.60. The van der Waals surface area contributed by atoms with Crippen LogP contribution in [0.1, 0.15) is 26.7 Å². The van der Waals surface area contributed by atoms with Gasteiger partial charge in [-0.1, -0.05) is 36.5 Å². The Morgan fingerprint density at radius 3 is 2.00 bits per heavy atom. The molecule has 0 aromatic heterocycles. The number of hydrogen-bond acceptors (Lipinski definition) is 0. The Balaban J connectivity index is 0. The van der Waals surface area contributed by atoms with E-state index < -0.39 is 0 Å². The lowest BCUT2D eigenvalue weighted by atomic mass is 10.3. The van der Waals surface area contributed by atoms with Crippen molar-refractivity contribution in [3.05, 3.63) is 49.6 Å². The summed E-state index contributed by atoms with van der Waals surface area (Å²) in [6, 6.07) is 0. The maximum Gasteiger partial charge on any atom is -0.0313 e. The van der Waals surface area contributed by atoms with Crippen LogP contribution in [-0.2, 0) is 0 Å². The van der Waals surface area contributed by atoms with E-state index in [1.807, 2.05) is 26.0 Å². The van der Waals surface area contributed by atoms with Crippen molar-refractivity contribution in [2.75, 3.05) is 0 Å². The predicted octanol–water partition coefficient (Wildman–Crippen LogP) is 4.28. The lowest BCUT2D eigenvalue weighted by molar-refractivity contribution is 1.06. The molecule has 0 unspecified atom stereocenters. The second-order valence-corrected chi connectivity index (χ2v) is 2.74. The van der Waals surface area contributed by atoms with Gasteiger partial charge in [-0.05, 0) is 26.7 Å². The van der Waals surface area contributed by atoms with Crippen molar-refractivity contribution in [2.24, 2.45) is 0 Å². The molecule has 0 aliphatic rings. The summed E-state index contributed by atoms with van der Waals surface area (Å²) in [5.74, 6) is 0. The molecule has 0 saturated carbocycles. The highest BCUT2D eigenvalue weighted by Crippen LogP contribution is 1.89. The summed E-state index contributed by atoms with van der Waals surface area (Å²) in [5.41, 5.74) is 1.17. The van der Waals surface area contributed by atoms with Crippen LogP contribution in [0.4, 0.5) is 0 Å². The minimum atomic E-state index is 1.06. The lowest BCUT2D eigenvalue weighted by Gasteiger charge is -1.79. The van der Waals surface area contributed by atoms with Crippen LogP contribution in [0.2, 0.25) is 0 Å². The maximum absolute atomic E-state index is 3.60. The molecule has 0 bridgehead atoms. The molecule has 0 aromatic rings. The number of hydrogen-bond donors (Lipinski definition) is 0. The van der Waals surface area contributed by atoms with Crippen LogP contribution in [0.3, 0.4) is 0 Å². The average molecular weight is 164 g/mol. The third-order valence-electron chi connectivity index (χ3n) is 0.810. The molecule has 68 valence electrons. The third kappa shape index (κ3) is 36.2. The standard InChI is InChI=1S/C8H12.C4H8/c1-3-5-7-8-6-4-2;1-4(2)3/h3-5,7H,1-2,6,8H2;1H2,2-3H3. The highest BCUT2D eigenvalue weighted by Gasteiger charge is 1.69. The lowest BCUT2D eigenvalue weighted by Crippen LogP contribution is -1.59. The molecule has 0 heterocycles. The quantitative estimate of drug-likeness (QED) is 0.330. The fourth-order valence-electron chi connectivity index (χ4n) is 0.407. The minimum Gasteiger partial charge on any atom is -0.103 e. The van der Waals surface area contributed by atoms with Gasteiger partial charge in [0.2, 0.25) is 0 Å². The van der Waals surface area contributed by atoms with Crippen LogP contribution < -0.4 is 0 Å². The summed E-state index contributed by atoms with van der Waals surface area (Å²) < 4.78 is 0. The topological polar surface area (TPSA) is 0 Å². The molecule has 0 radical (unpaired) electrons. The largest absolute Gasteiger partial charge is 0.103 e. The van der Waals surface area contributed by atoms with Crippen molar-refractivity contribution in [2.45, 2.75) is 26.7 Å². The first-order chi connectivity index (χ1) is 5.65. The molecule has 0 rings (SSSR count). The average Bonchev–Trinajstić information content (AvgIpc) is 1.97. The molecule has 0 amide bonds. The number of allylic oxidation sites excluding steroid dienone is 5. The Morgan fingerprint density at radius 1 is 1.17 bits per heavy atom. The van der Waals surface area contributed by atoms with Crippen molar-refractivity contribution >= 4 is 0 Å². The normalized spacial score (nSPS) is 8.50. The van der Waals surface area contributed by atoms with Crippen LogP contribution in [0.15, 0.2) is 49.6 Å². The van der Waals surface area contributed by atoms with Gasteiger partial charge < -0.3 is 0 Å². The molecule has 0 aliphatic heterocycles. The van der Waals surface area contributed by atoms with E-state index in [2.05, 4.69) is 25.8 Å². The van der Waals surface area contributed by atoms with Crippen LogP contribution in [0, 0.1) is 0 Å². The van der Waals surface area contributed by atoms with Gasteiger partial charge in [-0.15, -0.1) is 13.2 Å². The monoisotopic (exact) mass is 164 g/mol. The van der Waals surface area contributed by atoms with E-state index >= 15 is 0 Å². The van der Waals surface area contributed by atoms with E-state index in [0.29, 0.717) is 0 Å². The molecule has 0 aromatic carbocycles. The molecule has 0 spiro atoms. The smallest absolute Gasteiger partial charge is 0.0313 e. The Labute approximate surface area is 77.0 Å². The number of unbranched alkanes of at least 4 members (excludes halogenated alkanes) is 1. The van der Waals surface area contributed by atoms with Crippen LogP contribution in [0.5, 0.6) is 0 Å². The first-order valence-corrected chi connectivity index (χ1v) is 4.15. The van der Waals surface area contributed by atoms with Crippen LogP contribution in [-0.4, -0.2) is 0 Å². The summed E-state index contributed by atoms with van der Waals surface area (Å²) in [4.78, 5) is 0. The zero-order valence-electron chi connectivity index (χ0n) is 8.34. The molecule has 0 saturated heterocycles.